The minimum atomic E-state index is -0.546. The van der Waals surface area contributed by atoms with Gasteiger partial charge >= 0.3 is 5.97 Å². The molecule has 1 saturated heterocycles. The Balaban J connectivity index is 2.30. The first-order valence-electron chi connectivity index (χ1n) is 6.93. The number of piperidine rings is 1. The first kappa shape index (κ1) is 15.4. The van der Waals surface area contributed by atoms with E-state index in [1.807, 2.05) is 0 Å². The second kappa shape index (κ2) is 8.45. The number of carbonyl (C=O) groups is 1. The van der Waals surface area contributed by atoms with Crippen molar-refractivity contribution in [2.45, 2.75) is 45.3 Å². The Hall–Kier alpha value is -0.650. The number of hydrogen-bond acceptors (Lipinski definition) is 5. The average Bonchev–Trinajstić information content (AvgIpc) is 2.37. The molecule has 0 aromatic heterocycles. The van der Waals surface area contributed by atoms with E-state index >= 15 is 0 Å². The van der Waals surface area contributed by atoms with Crippen LogP contribution in [0.25, 0.3) is 0 Å². The lowest BCUT2D eigenvalue weighted by atomic mass is 10.1. The lowest BCUT2D eigenvalue weighted by Gasteiger charge is -2.33. The smallest absolute Gasteiger partial charge is 0.324 e. The van der Waals surface area contributed by atoms with Crippen LogP contribution in [-0.4, -0.2) is 55.9 Å². The van der Waals surface area contributed by atoms with Gasteiger partial charge in [0.2, 0.25) is 0 Å². The summed E-state index contributed by atoms with van der Waals surface area (Å²) in [6.45, 7) is 7.51. The summed E-state index contributed by atoms with van der Waals surface area (Å²) in [5.41, 5.74) is 5.82. The maximum atomic E-state index is 11.5. The number of hydrogen-bond donors (Lipinski definition) is 1. The van der Waals surface area contributed by atoms with Crippen molar-refractivity contribution in [3.05, 3.63) is 0 Å². The van der Waals surface area contributed by atoms with Crippen molar-refractivity contribution in [3.8, 4) is 0 Å². The van der Waals surface area contributed by atoms with Crippen LogP contribution in [0, 0.1) is 0 Å². The van der Waals surface area contributed by atoms with Gasteiger partial charge in [-0.15, -0.1) is 0 Å². The van der Waals surface area contributed by atoms with Crippen molar-refractivity contribution < 1.29 is 14.3 Å². The SMILES string of the molecule is CCCOC1CCCN(CC(N)C(=O)OCC)C1. The molecule has 0 bridgehead atoms. The largest absolute Gasteiger partial charge is 0.465 e. The fourth-order valence-corrected chi connectivity index (χ4v) is 2.20. The van der Waals surface area contributed by atoms with Gasteiger partial charge < -0.3 is 15.2 Å². The highest BCUT2D eigenvalue weighted by atomic mass is 16.5. The lowest BCUT2D eigenvalue weighted by molar-refractivity contribution is -0.145. The minimum Gasteiger partial charge on any atom is -0.465 e. The Morgan fingerprint density at radius 2 is 2.28 bits per heavy atom. The summed E-state index contributed by atoms with van der Waals surface area (Å²) in [6, 6.07) is -0.546. The highest BCUT2D eigenvalue weighted by Gasteiger charge is 2.24. The molecule has 2 N–H and O–H groups in total. The summed E-state index contributed by atoms with van der Waals surface area (Å²) in [7, 11) is 0. The van der Waals surface area contributed by atoms with E-state index in [1.54, 1.807) is 6.92 Å². The van der Waals surface area contributed by atoms with Gasteiger partial charge in [-0.3, -0.25) is 9.69 Å². The number of carbonyl (C=O) groups excluding carboxylic acids is 1. The van der Waals surface area contributed by atoms with Crippen LogP contribution in [-0.2, 0) is 14.3 Å². The number of nitrogens with two attached hydrogens (primary N) is 1. The Morgan fingerprint density at radius 1 is 1.50 bits per heavy atom. The highest BCUT2D eigenvalue weighted by Crippen LogP contribution is 2.13. The first-order chi connectivity index (χ1) is 8.67. The molecule has 1 aliphatic heterocycles. The molecular weight excluding hydrogens is 232 g/mol. The number of likely N-dealkylation sites (tertiary alicyclic amines) is 1. The topological polar surface area (TPSA) is 64.8 Å². The van der Waals surface area contributed by atoms with Gasteiger partial charge in [-0.05, 0) is 32.7 Å². The zero-order valence-electron chi connectivity index (χ0n) is 11.6. The molecule has 2 atom stereocenters. The zero-order chi connectivity index (χ0) is 13.4. The van der Waals surface area contributed by atoms with Gasteiger partial charge in [-0.1, -0.05) is 6.92 Å². The van der Waals surface area contributed by atoms with Crippen molar-refractivity contribution in [2.24, 2.45) is 5.73 Å². The predicted octanol–water partition coefficient (Wildman–Crippen LogP) is 0.768. The Morgan fingerprint density at radius 3 is 2.94 bits per heavy atom. The van der Waals surface area contributed by atoms with E-state index in [-0.39, 0.29) is 12.1 Å². The molecule has 0 amide bonds. The summed E-state index contributed by atoms with van der Waals surface area (Å²) in [5, 5.41) is 0. The molecule has 1 rings (SSSR count). The van der Waals surface area contributed by atoms with Crippen LogP contribution in [0.2, 0.25) is 0 Å². The van der Waals surface area contributed by atoms with E-state index < -0.39 is 6.04 Å². The molecule has 0 saturated carbocycles. The van der Waals surface area contributed by atoms with Gasteiger partial charge in [0.15, 0.2) is 0 Å². The second-order valence-electron chi connectivity index (χ2n) is 4.75. The fraction of sp³-hybridized carbons (Fsp3) is 0.923. The molecule has 1 aliphatic rings. The quantitative estimate of drug-likeness (QED) is 0.683. The van der Waals surface area contributed by atoms with Gasteiger partial charge in [-0.2, -0.15) is 0 Å². The number of esters is 1. The van der Waals surface area contributed by atoms with E-state index in [4.69, 9.17) is 15.2 Å². The van der Waals surface area contributed by atoms with Crippen LogP contribution >= 0.6 is 0 Å². The average molecular weight is 258 g/mol. The van der Waals surface area contributed by atoms with Crippen molar-refractivity contribution in [1.82, 2.24) is 4.90 Å². The molecule has 106 valence electrons. The summed E-state index contributed by atoms with van der Waals surface area (Å²) >= 11 is 0. The Kier molecular flexibility index (Phi) is 7.23. The van der Waals surface area contributed by atoms with E-state index in [0.29, 0.717) is 13.2 Å². The summed E-state index contributed by atoms with van der Waals surface area (Å²) < 4.78 is 10.7. The molecule has 0 aromatic carbocycles. The predicted molar refractivity (Wildman–Crippen MR) is 70.3 cm³/mol. The van der Waals surface area contributed by atoms with Gasteiger partial charge in [0.25, 0.3) is 0 Å². The van der Waals surface area contributed by atoms with E-state index in [0.717, 1.165) is 39.0 Å². The Bertz CT molecular complexity index is 248. The normalized spacial score (nSPS) is 22.7. The summed E-state index contributed by atoms with van der Waals surface area (Å²) in [6.07, 6.45) is 3.53. The summed E-state index contributed by atoms with van der Waals surface area (Å²) in [5.74, 6) is -0.311. The molecule has 0 spiro atoms. The zero-order valence-corrected chi connectivity index (χ0v) is 11.6. The van der Waals surface area contributed by atoms with Gasteiger partial charge in [-0.25, -0.2) is 0 Å². The van der Waals surface area contributed by atoms with Crippen LogP contribution in [0.3, 0.4) is 0 Å². The lowest BCUT2D eigenvalue weighted by Crippen LogP contribution is -2.48. The van der Waals surface area contributed by atoms with E-state index in [2.05, 4.69) is 11.8 Å². The van der Waals surface area contributed by atoms with Crippen molar-refractivity contribution in [1.29, 1.82) is 0 Å². The summed E-state index contributed by atoms with van der Waals surface area (Å²) in [4.78, 5) is 13.7. The van der Waals surface area contributed by atoms with Gasteiger partial charge in [0.1, 0.15) is 6.04 Å². The van der Waals surface area contributed by atoms with Crippen LogP contribution in [0.4, 0.5) is 0 Å². The van der Waals surface area contributed by atoms with Crippen molar-refractivity contribution in [3.63, 3.8) is 0 Å². The van der Waals surface area contributed by atoms with Gasteiger partial charge in [0.05, 0.1) is 12.7 Å². The highest BCUT2D eigenvalue weighted by molar-refractivity contribution is 5.75. The van der Waals surface area contributed by atoms with E-state index in [9.17, 15) is 4.79 Å². The maximum Gasteiger partial charge on any atom is 0.324 e. The van der Waals surface area contributed by atoms with E-state index in [1.165, 1.54) is 0 Å². The molecule has 5 nitrogen and oxygen atoms in total. The molecular formula is C13H26N2O3. The molecule has 5 heteroatoms. The number of nitrogens with zero attached hydrogens (tertiary/aromatic N) is 1. The minimum absolute atomic E-state index is 0.285. The van der Waals surface area contributed by atoms with Crippen molar-refractivity contribution >= 4 is 5.97 Å². The molecule has 0 aromatic rings. The van der Waals surface area contributed by atoms with Gasteiger partial charge in [0, 0.05) is 19.7 Å². The third-order valence-corrected chi connectivity index (χ3v) is 3.06. The standard InChI is InChI=1S/C13H26N2O3/c1-3-8-18-11-6-5-7-15(9-11)10-12(14)13(16)17-4-2/h11-12H,3-10,14H2,1-2H3. The molecule has 0 aliphatic carbocycles. The molecule has 2 unspecified atom stereocenters. The van der Waals surface area contributed by atoms with Crippen LogP contribution in [0.15, 0.2) is 0 Å². The first-order valence-corrected chi connectivity index (χ1v) is 6.93. The number of ether oxygens (including phenoxy) is 2. The fourth-order valence-electron chi connectivity index (χ4n) is 2.20. The molecule has 0 radical (unpaired) electrons. The van der Waals surface area contributed by atoms with Crippen LogP contribution in [0.1, 0.15) is 33.1 Å². The second-order valence-corrected chi connectivity index (χ2v) is 4.75. The van der Waals surface area contributed by atoms with Crippen molar-refractivity contribution in [2.75, 3.05) is 32.8 Å². The Labute approximate surface area is 110 Å². The third-order valence-electron chi connectivity index (χ3n) is 3.06. The monoisotopic (exact) mass is 258 g/mol. The molecule has 1 heterocycles. The maximum absolute atomic E-state index is 11.5. The molecule has 18 heavy (non-hydrogen) atoms. The van der Waals surface area contributed by atoms with Crippen LogP contribution in [0.5, 0.6) is 0 Å². The third kappa shape index (κ3) is 5.33. The molecule has 1 fully saturated rings. The van der Waals surface area contributed by atoms with Crippen LogP contribution < -0.4 is 5.73 Å². The number of rotatable bonds is 7.